The lowest BCUT2D eigenvalue weighted by atomic mass is 9.93. The predicted octanol–water partition coefficient (Wildman–Crippen LogP) is 10.1. The van der Waals surface area contributed by atoms with Crippen molar-refractivity contribution in [1.82, 2.24) is 0 Å². The Morgan fingerprint density at radius 3 is 2.10 bits per heavy atom. The van der Waals surface area contributed by atoms with Gasteiger partial charge in [-0.1, -0.05) is 24.1 Å². The molecule has 1 aliphatic carbocycles. The quantitative estimate of drug-likeness (QED) is 0.166. The molecule has 0 aliphatic heterocycles. The van der Waals surface area contributed by atoms with Crippen molar-refractivity contribution in [2.24, 2.45) is 0 Å². The number of allylic oxidation sites excluding steroid dienone is 2. The highest BCUT2D eigenvalue weighted by Gasteiger charge is 2.35. The van der Waals surface area contributed by atoms with Gasteiger partial charge >= 0.3 is 12.3 Å². The van der Waals surface area contributed by atoms with Crippen LogP contribution in [0.15, 0.2) is 66.7 Å². The first-order valence-electron chi connectivity index (χ1n) is 12.7. The Kier molecular flexibility index (Phi) is 7.71. The maximum atomic E-state index is 15.0. The molecule has 0 amide bonds. The molecule has 4 aromatic rings. The zero-order valence-corrected chi connectivity index (χ0v) is 21.5. The largest absolute Gasteiger partial charge is 0.458 e. The summed E-state index contributed by atoms with van der Waals surface area (Å²) in [5.74, 6) is -4.05. The van der Waals surface area contributed by atoms with E-state index in [1.165, 1.54) is 18.1 Å². The van der Waals surface area contributed by atoms with E-state index < -0.39 is 63.2 Å². The van der Waals surface area contributed by atoms with Crippen molar-refractivity contribution in [2.75, 3.05) is 0 Å². The Bertz CT molecular complexity index is 1760. The molecule has 0 fully saturated rings. The van der Waals surface area contributed by atoms with Gasteiger partial charge in [0.15, 0.2) is 5.82 Å². The van der Waals surface area contributed by atoms with Gasteiger partial charge in [-0.2, -0.15) is 22.0 Å². The Morgan fingerprint density at radius 2 is 1.45 bits per heavy atom. The van der Waals surface area contributed by atoms with Crippen LogP contribution in [0.2, 0.25) is 0 Å². The summed E-state index contributed by atoms with van der Waals surface area (Å²) < 4.78 is 131. The van der Waals surface area contributed by atoms with Crippen LogP contribution in [-0.4, -0.2) is 6.18 Å². The molecule has 0 saturated carbocycles. The molecule has 0 saturated heterocycles. The molecule has 0 heterocycles. The third kappa shape index (κ3) is 6.10. The van der Waals surface area contributed by atoms with Crippen molar-refractivity contribution in [2.45, 2.75) is 38.0 Å². The highest BCUT2D eigenvalue weighted by atomic mass is 19.4. The van der Waals surface area contributed by atoms with Crippen molar-refractivity contribution in [1.29, 1.82) is 0 Å². The monoisotopic (exact) mass is 590 g/mol. The molecule has 0 aromatic heterocycles. The molecule has 0 unspecified atom stereocenters. The van der Waals surface area contributed by atoms with Crippen molar-refractivity contribution < 1.29 is 44.3 Å². The second kappa shape index (κ2) is 11.1. The summed E-state index contributed by atoms with van der Waals surface area (Å²) >= 11 is 0. The number of rotatable bonds is 5. The minimum Gasteiger partial charge on any atom is -0.429 e. The highest BCUT2D eigenvalue weighted by molar-refractivity contribution is 5.90. The number of halogens is 9. The maximum Gasteiger partial charge on any atom is 0.458 e. The maximum absolute atomic E-state index is 15.0. The highest BCUT2D eigenvalue weighted by Crippen LogP contribution is 2.37. The van der Waals surface area contributed by atoms with Gasteiger partial charge in [-0.05, 0) is 90.2 Å². The molecular formula is C32H19F9O. The van der Waals surface area contributed by atoms with Crippen LogP contribution in [0.4, 0.5) is 39.5 Å². The van der Waals surface area contributed by atoms with Gasteiger partial charge in [0.25, 0.3) is 0 Å². The van der Waals surface area contributed by atoms with Gasteiger partial charge in [0.1, 0.15) is 23.2 Å². The first-order chi connectivity index (χ1) is 19.8. The summed E-state index contributed by atoms with van der Waals surface area (Å²) in [6.45, 7) is 0. The van der Waals surface area contributed by atoms with E-state index >= 15 is 4.39 Å². The van der Waals surface area contributed by atoms with Crippen LogP contribution in [0.5, 0.6) is 5.75 Å². The molecule has 5 rings (SSSR count). The second-order valence-corrected chi connectivity index (χ2v) is 9.66. The van der Waals surface area contributed by atoms with Gasteiger partial charge < -0.3 is 4.74 Å². The van der Waals surface area contributed by atoms with Crippen molar-refractivity contribution in [3.63, 3.8) is 0 Å². The molecule has 42 heavy (non-hydrogen) atoms. The van der Waals surface area contributed by atoms with Crippen LogP contribution in [0, 0.1) is 35.1 Å². The smallest absolute Gasteiger partial charge is 0.429 e. The van der Waals surface area contributed by atoms with Gasteiger partial charge in [-0.3, -0.25) is 0 Å². The number of ether oxygens (including phenoxy) is 1. The van der Waals surface area contributed by atoms with Crippen molar-refractivity contribution in [3.05, 3.63) is 107 Å². The third-order valence-corrected chi connectivity index (χ3v) is 6.79. The summed E-state index contributed by atoms with van der Waals surface area (Å²) in [6, 6.07) is 10.5. The predicted molar refractivity (Wildman–Crippen MR) is 140 cm³/mol. The number of alkyl halides is 5. The Morgan fingerprint density at radius 1 is 0.714 bits per heavy atom. The minimum absolute atomic E-state index is 0.212. The molecule has 1 nitrogen and oxygen atoms in total. The summed E-state index contributed by atoms with van der Waals surface area (Å²) in [4.78, 5) is 0. The van der Waals surface area contributed by atoms with Gasteiger partial charge in [-0.25, -0.2) is 17.6 Å². The number of hydrogen-bond acceptors (Lipinski definition) is 1. The van der Waals surface area contributed by atoms with Crippen LogP contribution < -0.4 is 4.74 Å². The van der Waals surface area contributed by atoms with Gasteiger partial charge in [0.05, 0.1) is 16.5 Å². The molecule has 0 radical (unpaired) electrons. The zero-order chi connectivity index (χ0) is 30.2. The molecule has 0 bridgehead atoms. The average molecular weight is 590 g/mol. The fourth-order valence-electron chi connectivity index (χ4n) is 4.79. The van der Waals surface area contributed by atoms with E-state index in [4.69, 9.17) is 4.74 Å². The van der Waals surface area contributed by atoms with Crippen LogP contribution in [0.1, 0.15) is 42.4 Å². The van der Waals surface area contributed by atoms with E-state index in [1.807, 2.05) is 0 Å². The summed E-state index contributed by atoms with van der Waals surface area (Å²) in [6.07, 6.45) is -2.87. The standard InChI is InChI=1S/C32H19F9O/c33-26-16-21-14-20(15-28(35)29(21)30(36)25(26)12-13-31(37,38)39)24-11-10-23(17-27(24)34)42-32(40,41)22-8-6-19(7-9-22)18-4-2-1-3-5-18/h4,6-11,14-17H,1-3,5H2. The third-order valence-electron chi connectivity index (χ3n) is 6.79. The van der Waals surface area contributed by atoms with E-state index in [1.54, 1.807) is 12.1 Å². The lowest BCUT2D eigenvalue weighted by Crippen LogP contribution is -2.22. The number of hydrogen-bond donors (Lipinski definition) is 0. The Balaban J connectivity index is 1.41. The fourth-order valence-corrected chi connectivity index (χ4v) is 4.79. The Labute approximate surface area is 234 Å². The zero-order valence-electron chi connectivity index (χ0n) is 21.5. The second-order valence-electron chi connectivity index (χ2n) is 9.66. The van der Waals surface area contributed by atoms with Crippen LogP contribution in [-0.2, 0) is 6.11 Å². The molecule has 4 aromatic carbocycles. The summed E-state index contributed by atoms with van der Waals surface area (Å²) in [7, 11) is 0. The van der Waals surface area contributed by atoms with E-state index in [0.29, 0.717) is 18.2 Å². The topological polar surface area (TPSA) is 9.23 Å². The Hall–Kier alpha value is -4.39. The molecule has 0 spiro atoms. The minimum atomic E-state index is -5.04. The summed E-state index contributed by atoms with van der Waals surface area (Å²) in [5, 5.41) is -1.27. The van der Waals surface area contributed by atoms with E-state index in [2.05, 4.69) is 6.08 Å². The lowest BCUT2D eigenvalue weighted by Gasteiger charge is -2.20. The van der Waals surface area contributed by atoms with Crippen LogP contribution in [0.25, 0.3) is 27.5 Å². The number of benzene rings is 4. The molecular weight excluding hydrogens is 571 g/mol. The van der Waals surface area contributed by atoms with Gasteiger partial charge in [0.2, 0.25) is 0 Å². The molecule has 216 valence electrons. The van der Waals surface area contributed by atoms with E-state index in [-0.39, 0.29) is 11.1 Å². The molecule has 10 heteroatoms. The average Bonchev–Trinajstić information content (AvgIpc) is 2.92. The van der Waals surface area contributed by atoms with Crippen molar-refractivity contribution in [3.8, 4) is 28.7 Å². The van der Waals surface area contributed by atoms with E-state index in [9.17, 15) is 35.1 Å². The summed E-state index contributed by atoms with van der Waals surface area (Å²) in [5.41, 5.74) is -0.332. The van der Waals surface area contributed by atoms with Crippen molar-refractivity contribution >= 4 is 16.3 Å². The van der Waals surface area contributed by atoms with E-state index in [0.717, 1.165) is 60.9 Å². The normalized spacial score (nSPS) is 13.9. The van der Waals surface area contributed by atoms with Crippen LogP contribution >= 0.6 is 0 Å². The fraction of sp³-hybridized carbons (Fsp3) is 0.188. The molecule has 1 aliphatic rings. The first kappa shape index (κ1) is 29.1. The van der Waals surface area contributed by atoms with Crippen LogP contribution in [0.3, 0.4) is 0 Å². The SMILES string of the molecule is Fc1cc(OC(F)(F)c2ccc(C3=CCCCC3)cc2)ccc1-c1cc(F)c2c(F)c(C#CC(F)(F)F)c(F)cc2c1. The molecule has 0 atom stereocenters. The molecule has 0 N–H and O–H groups in total. The first-order valence-corrected chi connectivity index (χ1v) is 12.7. The lowest BCUT2D eigenvalue weighted by molar-refractivity contribution is -0.185. The van der Waals surface area contributed by atoms with Gasteiger partial charge in [-0.15, -0.1) is 0 Å². The van der Waals surface area contributed by atoms with Gasteiger partial charge in [0, 0.05) is 17.6 Å². The number of fused-ring (bicyclic) bond motifs is 1.